The molecule has 0 aliphatic heterocycles. The zero-order valence-electron chi connectivity index (χ0n) is 17.2. The van der Waals surface area contributed by atoms with Gasteiger partial charge in [0, 0.05) is 23.0 Å². The molecule has 1 aliphatic carbocycles. The third kappa shape index (κ3) is 4.12. The molecule has 0 radical (unpaired) electrons. The molecule has 1 fully saturated rings. The summed E-state index contributed by atoms with van der Waals surface area (Å²) in [5.41, 5.74) is 12.4. The Labute approximate surface area is 164 Å². The largest absolute Gasteiger partial charge is 0.366 e. The van der Waals surface area contributed by atoms with Gasteiger partial charge < -0.3 is 10.3 Å². The zero-order chi connectivity index (χ0) is 19.4. The summed E-state index contributed by atoms with van der Waals surface area (Å²) in [5.74, 6) is -0.301. The Morgan fingerprint density at radius 1 is 1.04 bits per heavy atom. The molecule has 27 heavy (non-hydrogen) atoms. The van der Waals surface area contributed by atoms with Gasteiger partial charge in [-0.2, -0.15) is 0 Å². The van der Waals surface area contributed by atoms with Crippen molar-refractivity contribution in [2.75, 3.05) is 0 Å². The van der Waals surface area contributed by atoms with Crippen LogP contribution in [0.3, 0.4) is 0 Å². The number of nitrogens with two attached hydrogens (primary N) is 1. The smallest absolute Gasteiger partial charge is 0.251 e. The minimum Gasteiger partial charge on any atom is -0.366 e. The van der Waals surface area contributed by atoms with E-state index in [0.29, 0.717) is 6.04 Å². The lowest BCUT2D eigenvalue weighted by Crippen LogP contribution is -2.17. The van der Waals surface area contributed by atoms with Crippen molar-refractivity contribution < 1.29 is 4.79 Å². The van der Waals surface area contributed by atoms with Crippen molar-refractivity contribution in [2.45, 2.75) is 84.6 Å². The standard InChI is InChI=1S/C24H34N2O/c1-4-10-21-23(19-15-13-17(2)14-16-19)22(24(25)27)18(3)26(21)20-11-8-6-5-7-9-12-20/h13-16,20H,4-12H2,1-3H3,(H2,25,27). The lowest BCUT2D eigenvalue weighted by atomic mass is 9.95. The van der Waals surface area contributed by atoms with Crippen molar-refractivity contribution in [1.29, 1.82) is 0 Å². The Hall–Kier alpha value is -2.03. The second-order valence-corrected chi connectivity index (χ2v) is 8.13. The second-order valence-electron chi connectivity index (χ2n) is 8.13. The molecule has 0 unspecified atom stereocenters. The van der Waals surface area contributed by atoms with Gasteiger partial charge in [0.25, 0.3) is 5.91 Å². The zero-order valence-corrected chi connectivity index (χ0v) is 17.2. The second kappa shape index (κ2) is 8.77. The van der Waals surface area contributed by atoms with Crippen LogP contribution in [-0.4, -0.2) is 10.5 Å². The molecule has 0 spiro atoms. The molecule has 1 amide bonds. The number of carbonyl (C=O) groups excluding carboxylic acids is 1. The Morgan fingerprint density at radius 2 is 1.63 bits per heavy atom. The normalized spacial score (nSPS) is 16.1. The number of rotatable bonds is 5. The van der Waals surface area contributed by atoms with Gasteiger partial charge in [0.05, 0.1) is 5.56 Å². The van der Waals surface area contributed by atoms with Gasteiger partial charge in [-0.1, -0.05) is 75.3 Å². The molecule has 1 heterocycles. The maximum Gasteiger partial charge on any atom is 0.251 e. The van der Waals surface area contributed by atoms with Crippen LogP contribution < -0.4 is 5.73 Å². The molecule has 0 bridgehead atoms. The number of aromatic nitrogens is 1. The number of benzene rings is 1. The molecule has 2 aromatic rings. The number of hydrogen-bond donors (Lipinski definition) is 1. The van der Waals surface area contributed by atoms with Gasteiger partial charge in [0.15, 0.2) is 0 Å². The van der Waals surface area contributed by atoms with Gasteiger partial charge in [-0.3, -0.25) is 4.79 Å². The van der Waals surface area contributed by atoms with Crippen LogP contribution in [0.1, 0.15) is 91.6 Å². The number of hydrogen-bond acceptors (Lipinski definition) is 1. The van der Waals surface area contributed by atoms with Gasteiger partial charge in [-0.05, 0) is 38.7 Å². The fourth-order valence-corrected chi connectivity index (χ4v) is 4.77. The highest BCUT2D eigenvalue weighted by molar-refractivity contribution is 6.02. The molecule has 0 atom stereocenters. The molecule has 2 N–H and O–H groups in total. The number of carbonyl (C=O) groups is 1. The van der Waals surface area contributed by atoms with Crippen LogP contribution in [0.25, 0.3) is 11.1 Å². The molecule has 146 valence electrons. The SMILES string of the molecule is CCCc1c(-c2ccc(C)cc2)c(C(N)=O)c(C)n1C1CCCCCCC1. The lowest BCUT2D eigenvalue weighted by Gasteiger charge is -2.26. The van der Waals surface area contributed by atoms with Crippen molar-refractivity contribution in [2.24, 2.45) is 5.73 Å². The molecule has 3 rings (SSSR count). The quantitative estimate of drug-likeness (QED) is 0.682. The van der Waals surface area contributed by atoms with Crippen molar-refractivity contribution in [3.63, 3.8) is 0 Å². The maximum absolute atomic E-state index is 12.5. The Kier molecular flexibility index (Phi) is 6.41. The first-order chi connectivity index (χ1) is 13.0. The Balaban J connectivity index is 2.19. The first-order valence-electron chi connectivity index (χ1n) is 10.6. The summed E-state index contributed by atoms with van der Waals surface area (Å²) in [7, 11) is 0. The van der Waals surface area contributed by atoms with Gasteiger partial charge >= 0.3 is 0 Å². The van der Waals surface area contributed by atoms with E-state index in [1.54, 1.807) is 0 Å². The molecular formula is C24H34N2O. The summed E-state index contributed by atoms with van der Waals surface area (Å²) in [6.45, 7) is 6.40. The predicted molar refractivity (Wildman–Crippen MR) is 113 cm³/mol. The van der Waals surface area contributed by atoms with Crippen molar-refractivity contribution in [3.8, 4) is 11.1 Å². The maximum atomic E-state index is 12.5. The molecule has 1 aliphatic rings. The van der Waals surface area contributed by atoms with Crippen molar-refractivity contribution in [1.82, 2.24) is 4.57 Å². The van der Waals surface area contributed by atoms with Crippen molar-refractivity contribution >= 4 is 5.91 Å². The van der Waals surface area contributed by atoms with Gasteiger partial charge in [0.2, 0.25) is 0 Å². The van der Waals surface area contributed by atoms with Gasteiger partial charge in [0.1, 0.15) is 0 Å². The van der Waals surface area contributed by atoms with Crippen LogP contribution in [0, 0.1) is 13.8 Å². The van der Waals surface area contributed by atoms with Crippen LogP contribution in [0.5, 0.6) is 0 Å². The summed E-state index contributed by atoms with van der Waals surface area (Å²) >= 11 is 0. The van der Waals surface area contributed by atoms with E-state index in [1.807, 2.05) is 0 Å². The first kappa shape index (κ1) is 19.7. The van der Waals surface area contributed by atoms with E-state index >= 15 is 0 Å². The van der Waals surface area contributed by atoms with E-state index < -0.39 is 0 Å². The van der Waals surface area contributed by atoms with Crippen LogP contribution in [-0.2, 0) is 6.42 Å². The monoisotopic (exact) mass is 366 g/mol. The number of amides is 1. The first-order valence-corrected chi connectivity index (χ1v) is 10.6. The molecule has 1 saturated carbocycles. The number of nitrogens with zero attached hydrogens (tertiary/aromatic N) is 1. The van der Waals surface area contributed by atoms with E-state index in [2.05, 4.69) is 49.6 Å². The van der Waals surface area contributed by atoms with Crippen molar-refractivity contribution in [3.05, 3.63) is 46.8 Å². The molecule has 1 aromatic carbocycles. The highest BCUT2D eigenvalue weighted by atomic mass is 16.1. The van der Waals surface area contributed by atoms with Gasteiger partial charge in [-0.25, -0.2) is 0 Å². The summed E-state index contributed by atoms with van der Waals surface area (Å²) in [5, 5.41) is 0. The highest BCUT2D eigenvalue weighted by Crippen LogP contribution is 2.38. The number of primary amides is 1. The fourth-order valence-electron chi connectivity index (χ4n) is 4.77. The molecule has 0 saturated heterocycles. The van der Waals surface area contributed by atoms with E-state index in [9.17, 15) is 4.79 Å². The predicted octanol–water partition coefficient (Wildman–Crippen LogP) is 6.11. The molecule has 3 heteroatoms. The summed E-state index contributed by atoms with van der Waals surface area (Å²) in [4.78, 5) is 12.5. The van der Waals surface area contributed by atoms with E-state index in [0.717, 1.165) is 35.2 Å². The van der Waals surface area contributed by atoms with Crippen LogP contribution in [0.2, 0.25) is 0 Å². The topological polar surface area (TPSA) is 48.0 Å². The summed E-state index contributed by atoms with van der Waals surface area (Å²) < 4.78 is 2.49. The summed E-state index contributed by atoms with van der Waals surface area (Å²) in [6.07, 6.45) is 11.0. The van der Waals surface area contributed by atoms with Crippen LogP contribution >= 0.6 is 0 Å². The highest BCUT2D eigenvalue weighted by Gasteiger charge is 2.28. The average Bonchev–Trinajstić information content (AvgIpc) is 2.89. The minimum absolute atomic E-state index is 0.301. The lowest BCUT2D eigenvalue weighted by molar-refractivity contribution is 0.1000. The van der Waals surface area contributed by atoms with Crippen LogP contribution in [0.15, 0.2) is 24.3 Å². The third-order valence-corrected chi connectivity index (χ3v) is 6.07. The van der Waals surface area contributed by atoms with E-state index in [1.165, 1.54) is 56.2 Å². The third-order valence-electron chi connectivity index (χ3n) is 6.07. The number of aryl methyl sites for hydroxylation is 1. The summed E-state index contributed by atoms with van der Waals surface area (Å²) in [6, 6.07) is 9.01. The van der Waals surface area contributed by atoms with Gasteiger partial charge in [-0.15, -0.1) is 0 Å². The fraction of sp³-hybridized carbons (Fsp3) is 0.542. The van der Waals surface area contributed by atoms with Crippen LogP contribution in [0.4, 0.5) is 0 Å². The Bertz CT molecular complexity index is 778. The van der Waals surface area contributed by atoms with E-state index in [-0.39, 0.29) is 5.91 Å². The van der Waals surface area contributed by atoms with E-state index in [4.69, 9.17) is 5.73 Å². The average molecular weight is 367 g/mol. The molecule has 3 nitrogen and oxygen atoms in total. The molecular weight excluding hydrogens is 332 g/mol. The minimum atomic E-state index is -0.301. The Morgan fingerprint density at radius 3 is 2.19 bits per heavy atom. The molecule has 1 aromatic heterocycles.